The van der Waals surface area contributed by atoms with E-state index >= 15 is 0 Å². The summed E-state index contributed by atoms with van der Waals surface area (Å²) in [5, 5.41) is 5.33. The number of H-pyrrole nitrogens is 1. The Morgan fingerprint density at radius 2 is 2.06 bits per heavy atom. The molecular weight excluding hydrogens is 442 g/mol. The van der Waals surface area contributed by atoms with E-state index in [1.54, 1.807) is 0 Å². The molecule has 2 aliphatic rings. The number of esters is 1. The van der Waals surface area contributed by atoms with Gasteiger partial charge < -0.3 is 20.4 Å². The highest BCUT2D eigenvalue weighted by Crippen LogP contribution is 2.39. The molecule has 1 saturated heterocycles. The number of hydrogen-bond donors (Lipinski definition) is 3. The molecule has 1 spiro atoms. The highest BCUT2D eigenvalue weighted by atomic mass is 16.5. The molecule has 1 aliphatic carbocycles. The van der Waals surface area contributed by atoms with Gasteiger partial charge in [-0.25, -0.2) is 19.7 Å². The van der Waals surface area contributed by atoms with Gasteiger partial charge in [-0.2, -0.15) is 0 Å². The van der Waals surface area contributed by atoms with Crippen LogP contribution in [0.15, 0.2) is 36.9 Å². The third-order valence-corrected chi connectivity index (χ3v) is 6.08. The molecular formula is C22H21N7O5. The number of rotatable bonds is 5. The van der Waals surface area contributed by atoms with Gasteiger partial charge in [0.25, 0.3) is 11.8 Å². The Morgan fingerprint density at radius 1 is 1.24 bits per heavy atom. The fraction of sp³-hybridized carbons (Fsp3) is 0.318. The van der Waals surface area contributed by atoms with E-state index in [9.17, 15) is 19.2 Å². The summed E-state index contributed by atoms with van der Waals surface area (Å²) in [7, 11) is 0. The van der Waals surface area contributed by atoms with E-state index in [-0.39, 0.29) is 5.82 Å². The molecule has 34 heavy (non-hydrogen) atoms. The summed E-state index contributed by atoms with van der Waals surface area (Å²) < 4.78 is 5.19. The zero-order valence-electron chi connectivity index (χ0n) is 18.2. The minimum absolute atomic E-state index is 0.183. The molecule has 12 heteroatoms. The van der Waals surface area contributed by atoms with Crippen molar-refractivity contribution in [1.29, 1.82) is 0 Å². The number of amides is 4. The Labute approximate surface area is 193 Å². The Kier molecular flexibility index (Phi) is 5.19. The number of benzene rings is 1. The van der Waals surface area contributed by atoms with E-state index in [4.69, 9.17) is 4.74 Å². The van der Waals surface area contributed by atoms with Crippen LogP contribution < -0.4 is 10.6 Å². The van der Waals surface area contributed by atoms with E-state index in [1.807, 2.05) is 24.3 Å². The standard InChI is InChI=1S/C22H21N7O5/c1-12(19(31)27-18-16-17(24-10-23-16)25-11-26-18)34-15(30)9-29-20(32)22(28-21(29)33)8-4-6-13-5-2-3-7-14(13)22/h2-3,5,7,10-12H,4,6,8-9H2,1H3,(H,28,33)(H2,23,24,25,26,27,31). The van der Waals surface area contributed by atoms with Gasteiger partial charge in [0.15, 0.2) is 17.6 Å². The van der Waals surface area contributed by atoms with Crippen molar-refractivity contribution in [3.63, 3.8) is 0 Å². The predicted molar refractivity (Wildman–Crippen MR) is 117 cm³/mol. The summed E-state index contributed by atoms with van der Waals surface area (Å²) >= 11 is 0. The monoisotopic (exact) mass is 463 g/mol. The lowest BCUT2D eigenvalue weighted by Gasteiger charge is -2.33. The molecule has 5 rings (SSSR count). The molecule has 0 saturated carbocycles. The number of fused-ring (bicyclic) bond motifs is 3. The molecule has 12 nitrogen and oxygen atoms in total. The maximum Gasteiger partial charge on any atom is 0.327 e. The lowest BCUT2D eigenvalue weighted by atomic mass is 9.76. The Morgan fingerprint density at radius 3 is 2.91 bits per heavy atom. The molecule has 2 atom stereocenters. The van der Waals surface area contributed by atoms with Gasteiger partial charge >= 0.3 is 12.0 Å². The van der Waals surface area contributed by atoms with Gasteiger partial charge in [-0.15, -0.1) is 0 Å². The number of carbonyl (C=O) groups is 4. The van der Waals surface area contributed by atoms with Gasteiger partial charge in [0.1, 0.15) is 23.9 Å². The number of nitrogens with zero attached hydrogens (tertiary/aromatic N) is 4. The molecule has 2 unspecified atom stereocenters. The number of nitrogens with one attached hydrogen (secondary N) is 3. The number of anilines is 1. The summed E-state index contributed by atoms with van der Waals surface area (Å²) in [6.45, 7) is 0.772. The summed E-state index contributed by atoms with van der Waals surface area (Å²) in [5.41, 5.74) is 1.35. The van der Waals surface area contributed by atoms with E-state index in [0.717, 1.165) is 28.9 Å². The van der Waals surface area contributed by atoms with E-state index in [0.29, 0.717) is 17.6 Å². The quantitative estimate of drug-likeness (QED) is 0.373. The minimum Gasteiger partial charge on any atom is -0.451 e. The average molecular weight is 463 g/mol. The van der Waals surface area contributed by atoms with Crippen LogP contribution in [0.3, 0.4) is 0 Å². The van der Waals surface area contributed by atoms with Crippen molar-refractivity contribution in [2.75, 3.05) is 11.9 Å². The first-order valence-corrected chi connectivity index (χ1v) is 10.8. The van der Waals surface area contributed by atoms with Gasteiger partial charge in [-0.3, -0.25) is 19.3 Å². The van der Waals surface area contributed by atoms with Crippen LogP contribution in [-0.2, 0) is 31.1 Å². The first kappa shape index (κ1) is 21.5. The number of imidazole rings is 1. The molecule has 0 radical (unpaired) electrons. The lowest BCUT2D eigenvalue weighted by molar-refractivity contribution is -0.155. The molecule has 0 bridgehead atoms. The molecule has 174 valence electrons. The number of hydrogen-bond acceptors (Lipinski definition) is 8. The largest absolute Gasteiger partial charge is 0.451 e. The molecule has 1 aromatic carbocycles. The smallest absolute Gasteiger partial charge is 0.327 e. The lowest BCUT2D eigenvalue weighted by Crippen LogP contribution is -2.47. The van der Waals surface area contributed by atoms with Gasteiger partial charge in [0.05, 0.1) is 6.33 Å². The van der Waals surface area contributed by atoms with Crippen LogP contribution in [0.1, 0.15) is 30.9 Å². The fourth-order valence-corrected chi connectivity index (χ4v) is 4.45. The normalized spacial score (nSPS) is 20.2. The highest BCUT2D eigenvalue weighted by Gasteiger charge is 2.54. The third kappa shape index (κ3) is 3.52. The number of aromatic nitrogens is 4. The highest BCUT2D eigenvalue weighted by molar-refractivity contribution is 6.09. The number of ether oxygens (including phenoxy) is 1. The number of carbonyl (C=O) groups excluding carboxylic acids is 4. The summed E-state index contributed by atoms with van der Waals surface area (Å²) in [6, 6.07) is 6.79. The molecule has 3 heterocycles. The maximum atomic E-state index is 13.3. The first-order chi connectivity index (χ1) is 16.4. The van der Waals surface area contributed by atoms with Crippen molar-refractivity contribution in [2.45, 2.75) is 37.8 Å². The van der Waals surface area contributed by atoms with Gasteiger partial charge in [-0.05, 0) is 37.3 Å². The maximum absolute atomic E-state index is 13.3. The van der Waals surface area contributed by atoms with E-state index in [2.05, 4.69) is 30.6 Å². The molecule has 2 aromatic heterocycles. The van der Waals surface area contributed by atoms with Crippen molar-refractivity contribution in [1.82, 2.24) is 30.2 Å². The van der Waals surface area contributed by atoms with E-state index < -0.39 is 42.0 Å². The number of imide groups is 1. The topological polar surface area (TPSA) is 159 Å². The van der Waals surface area contributed by atoms with Gasteiger partial charge in [-0.1, -0.05) is 24.3 Å². The summed E-state index contributed by atoms with van der Waals surface area (Å²) in [5.74, 6) is -1.84. The second-order valence-corrected chi connectivity index (χ2v) is 8.18. The predicted octanol–water partition coefficient (Wildman–Crippen LogP) is 1.01. The molecule has 4 amide bonds. The Hall–Kier alpha value is -4.35. The molecule has 1 fully saturated rings. The van der Waals surface area contributed by atoms with Crippen molar-refractivity contribution < 1.29 is 23.9 Å². The number of urea groups is 1. The van der Waals surface area contributed by atoms with Crippen molar-refractivity contribution in [3.05, 3.63) is 48.0 Å². The molecule has 1 aliphatic heterocycles. The Balaban J connectivity index is 1.25. The third-order valence-electron chi connectivity index (χ3n) is 6.08. The average Bonchev–Trinajstić information content (AvgIpc) is 3.39. The molecule has 3 N–H and O–H groups in total. The van der Waals surface area contributed by atoms with Crippen LogP contribution in [0.25, 0.3) is 11.2 Å². The van der Waals surface area contributed by atoms with Crippen molar-refractivity contribution >= 4 is 40.8 Å². The second kappa shape index (κ2) is 8.21. The van der Waals surface area contributed by atoms with Crippen molar-refractivity contribution in [2.24, 2.45) is 0 Å². The number of aromatic amines is 1. The zero-order valence-corrected chi connectivity index (χ0v) is 18.2. The zero-order chi connectivity index (χ0) is 23.9. The van der Waals surface area contributed by atoms with Crippen molar-refractivity contribution in [3.8, 4) is 0 Å². The van der Waals surface area contributed by atoms with Crippen LogP contribution in [0.4, 0.5) is 10.6 Å². The summed E-state index contributed by atoms with van der Waals surface area (Å²) in [6.07, 6.45) is 3.43. The summed E-state index contributed by atoms with van der Waals surface area (Å²) in [4.78, 5) is 66.6. The van der Waals surface area contributed by atoms with Crippen LogP contribution >= 0.6 is 0 Å². The van der Waals surface area contributed by atoms with E-state index in [1.165, 1.54) is 19.6 Å². The fourth-order valence-electron chi connectivity index (χ4n) is 4.45. The minimum atomic E-state index is -1.20. The van der Waals surface area contributed by atoms with Crippen LogP contribution in [-0.4, -0.2) is 61.3 Å². The second-order valence-electron chi connectivity index (χ2n) is 8.18. The van der Waals surface area contributed by atoms with Crippen LogP contribution in [0.2, 0.25) is 0 Å². The number of aryl methyl sites for hydroxylation is 1. The van der Waals surface area contributed by atoms with Crippen LogP contribution in [0, 0.1) is 0 Å². The molecule has 3 aromatic rings. The Bertz CT molecular complexity index is 1320. The van der Waals surface area contributed by atoms with Crippen LogP contribution in [0.5, 0.6) is 0 Å². The van der Waals surface area contributed by atoms with Gasteiger partial charge in [0.2, 0.25) is 0 Å². The SMILES string of the molecule is CC(OC(=O)CN1C(=O)NC2(CCCc3ccccc32)C1=O)C(=O)Nc1ncnc2nc[nH]c12. The first-order valence-electron chi connectivity index (χ1n) is 10.8. The van der Waals surface area contributed by atoms with Gasteiger partial charge in [0, 0.05) is 0 Å².